The van der Waals surface area contributed by atoms with Gasteiger partial charge in [-0.25, -0.2) is 0 Å². The lowest BCUT2D eigenvalue weighted by molar-refractivity contribution is 0.246. The summed E-state index contributed by atoms with van der Waals surface area (Å²) in [4.78, 5) is 2.50. The van der Waals surface area contributed by atoms with E-state index in [9.17, 15) is 0 Å². The summed E-state index contributed by atoms with van der Waals surface area (Å²) in [5.41, 5.74) is 11.0. The smallest absolute Gasteiger partial charge is 0.0316 e. The summed E-state index contributed by atoms with van der Waals surface area (Å²) in [7, 11) is 0. The third-order valence-electron chi connectivity index (χ3n) is 3.31. The molecule has 2 nitrogen and oxygen atoms in total. The molecule has 0 spiro atoms. The van der Waals surface area contributed by atoms with Crippen molar-refractivity contribution in [3.05, 3.63) is 51.7 Å². The largest absolute Gasteiger partial charge is 0.399 e. The average Bonchev–Trinajstić information content (AvgIpc) is 2.82. The fraction of sp³-hybridized carbons (Fsp3) is 0.286. The number of nitrogen functional groups attached to an aromatic ring is 1. The van der Waals surface area contributed by atoms with Crippen LogP contribution in [0.2, 0.25) is 0 Å². The molecular weight excluding hydrogens is 228 g/mol. The molecule has 2 aromatic rings. The fourth-order valence-electron chi connectivity index (χ4n) is 2.41. The van der Waals surface area contributed by atoms with Gasteiger partial charge in [-0.05, 0) is 52.1 Å². The standard InChI is InChI=1S/C14H16N2S/c15-14-2-1-13-9-16(5-3-12(13)7-14)8-11-4-6-17-10-11/h1-2,4,6-7,10H,3,5,8-9,15H2. The zero-order chi connectivity index (χ0) is 11.7. The van der Waals surface area contributed by atoms with E-state index in [1.807, 2.05) is 6.07 Å². The first-order chi connectivity index (χ1) is 8.31. The van der Waals surface area contributed by atoms with Crippen LogP contribution in [0.3, 0.4) is 0 Å². The molecule has 0 aliphatic carbocycles. The van der Waals surface area contributed by atoms with E-state index in [1.54, 1.807) is 11.3 Å². The molecule has 3 heteroatoms. The van der Waals surface area contributed by atoms with Crippen LogP contribution in [0.1, 0.15) is 16.7 Å². The van der Waals surface area contributed by atoms with Crippen molar-refractivity contribution in [2.75, 3.05) is 12.3 Å². The maximum atomic E-state index is 5.81. The van der Waals surface area contributed by atoms with Crippen molar-refractivity contribution >= 4 is 17.0 Å². The van der Waals surface area contributed by atoms with Crippen molar-refractivity contribution in [3.63, 3.8) is 0 Å². The van der Waals surface area contributed by atoms with Crippen LogP contribution in [-0.2, 0) is 19.5 Å². The topological polar surface area (TPSA) is 29.3 Å². The number of nitrogens with zero attached hydrogens (tertiary/aromatic N) is 1. The van der Waals surface area contributed by atoms with E-state index >= 15 is 0 Å². The van der Waals surface area contributed by atoms with Gasteiger partial charge in [0.1, 0.15) is 0 Å². The molecule has 88 valence electrons. The minimum Gasteiger partial charge on any atom is -0.399 e. The van der Waals surface area contributed by atoms with Gasteiger partial charge >= 0.3 is 0 Å². The van der Waals surface area contributed by atoms with Crippen molar-refractivity contribution in [2.45, 2.75) is 19.5 Å². The second-order valence-electron chi connectivity index (χ2n) is 4.62. The lowest BCUT2D eigenvalue weighted by atomic mass is 9.99. The number of nitrogens with two attached hydrogens (primary N) is 1. The van der Waals surface area contributed by atoms with Gasteiger partial charge in [0.25, 0.3) is 0 Å². The molecular formula is C14H16N2S. The van der Waals surface area contributed by atoms with Gasteiger partial charge < -0.3 is 5.73 Å². The van der Waals surface area contributed by atoms with Gasteiger partial charge in [-0.2, -0.15) is 11.3 Å². The molecule has 0 saturated carbocycles. The number of fused-ring (bicyclic) bond motifs is 1. The average molecular weight is 244 g/mol. The summed E-state index contributed by atoms with van der Waals surface area (Å²) in [5.74, 6) is 0. The first kappa shape index (κ1) is 10.8. The molecule has 0 amide bonds. The highest BCUT2D eigenvalue weighted by Crippen LogP contribution is 2.22. The van der Waals surface area contributed by atoms with E-state index < -0.39 is 0 Å². The molecule has 0 fully saturated rings. The maximum absolute atomic E-state index is 5.81. The van der Waals surface area contributed by atoms with E-state index in [-0.39, 0.29) is 0 Å². The summed E-state index contributed by atoms with van der Waals surface area (Å²) in [6.07, 6.45) is 1.12. The highest BCUT2D eigenvalue weighted by molar-refractivity contribution is 7.07. The molecule has 0 saturated heterocycles. The predicted octanol–water partition coefficient (Wildman–Crippen LogP) is 2.89. The molecule has 1 aliphatic rings. The Morgan fingerprint density at radius 3 is 3.00 bits per heavy atom. The first-order valence-corrected chi connectivity index (χ1v) is 6.86. The van der Waals surface area contributed by atoms with E-state index in [0.29, 0.717) is 0 Å². The highest BCUT2D eigenvalue weighted by atomic mass is 32.1. The van der Waals surface area contributed by atoms with Crippen molar-refractivity contribution in [1.29, 1.82) is 0 Å². The fourth-order valence-corrected chi connectivity index (χ4v) is 3.07. The first-order valence-electron chi connectivity index (χ1n) is 5.92. The van der Waals surface area contributed by atoms with Crippen LogP contribution in [0.4, 0.5) is 5.69 Å². The summed E-state index contributed by atoms with van der Waals surface area (Å²) < 4.78 is 0. The normalized spacial score (nSPS) is 15.8. The molecule has 0 radical (unpaired) electrons. The Balaban J connectivity index is 1.74. The zero-order valence-corrected chi connectivity index (χ0v) is 10.5. The SMILES string of the molecule is Nc1ccc2c(c1)CCN(Cc1ccsc1)C2. The number of thiophene rings is 1. The lowest BCUT2D eigenvalue weighted by Gasteiger charge is -2.28. The van der Waals surface area contributed by atoms with Crippen LogP contribution >= 0.6 is 11.3 Å². The monoisotopic (exact) mass is 244 g/mol. The van der Waals surface area contributed by atoms with Crippen LogP contribution < -0.4 is 5.73 Å². The summed E-state index contributed by atoms with van der Waals surface area (Å²) >= 11 is 1.77. The number of benzene rings is 1. The Bertz CT molecular complexity index is 505. The Labute approximate surface area is 106 Å². The van der Waals surface area contributed by atoms with Crippen LogP contribution in [0.25, 0.3) is 0 Å². The quantitative estimate of drug-likeness (QED) is 0.823. The predicted molar refractivity (Wildman–Crippen MR) is 73.0 cm³/mol. The van der Waals surface area contributed by atoms with Gasteiger partial charge in [0, 0.05) is 25.3 Å². The highest BCUT2D eigenvalue weighted by Gasteiger charge is 2.16. The van der Waals surface area contributed by atoms with Crippen LogP contribution in [0, 0.1) is 0 Å². The van der Waals surface area contributed by atoms with Gasteiger partial charge in [0.15, 0.2) is 0 Å². The minimum atomic E-state index is 0.884. The number of rotatable bonds is 2. The van der Waals surface area contributed by atoms with Crippen molar-refractivity contribution in [1.82, 2.24) is 4.90 Å². The van der Waals surface area contributed by atoms with E-state index in [1.165, 1.54) is 16.7 Å². The van der Waals surface area contributed by atoms with E-state index in [2.05, 4.69) is 33.9 Å². The molecule has 1 aromatic carbocycles. The van der Waals surface area contributed by atoms with Crippen LogP contribution in [0.15, 0.2) is 35.0 Å². The Morgan fingerprint density at radius 1 is 1.24 bits per heavy atom. The minimum absolute atomic E-state index is 0.884. The molecule has 1 aliphatic heterocycles. The van der Waals surface area contributed by atoms with Gasteiger partial charge in [0.2, 0.25) is 0 Å². The molecule has 0 unspecified atom stereocenters. The van der Waals surface area contributed by atoms with Crippen molar-refractivity contribution in [2.24, 2.45) is 0 Å². The molecule has 2 heterocycles. The molecule has 17 heavy (non-hydrogen) atoms. The number of anilines is 1. The molecule has 3 rings (SSSR count). The molecule has 2 N–H and O–H groups in total. The van der Waals surface area contributed by atoms with Gasteiger partial charge in [-0.1, -0.05) is 6.07 Å². The van der Waals surface area contributed by atoms with Gasteiger partial charge in [-0.15, -0.1) is 0 Å². The molecule has 0 bridgehead atoms. The van der Waals surface area contributed by atoms with Gasteiger partial charge in [0.05, 0.1) is 0 Å². The van der Waals surface area contributed by atoms with E-state index in [4.69, 9.17) is 5.73 Å². The van der Waals surface area contributed by atoms with Crippen LogP contribution in [0.5, 0.6) is 0 Å². The molecule has 0 atom stereocenters. The lowest BCUT2D eigenvalue weighted by Crippen LogP contribution is -2.29. The second-order valence-corrected chi connectivity index (χ2v) is 5.40. The Hall–Kier alpha value is -1.32. The number of hydrogen-bond acceptors (Lipinski definition) is 3. The Kier molecular flexibility index (Phi) is 2.87. The molecule has 1 aromatic heterocycles. The van der Waals surface area contributed by atoms with Crippen molar-refractivity contribution < 1.29 is 0 Å². The summed E-state index contributed by atoms with van der Waals surface area (Å²) in [6.45, 7) is 3.24. The summed E-state index contributed by atoms with van der Waals surface area (Å²) in [6, 6.07) is 8.51. The van der Waals surface area contributed by atoms with E-state index in [0.717, 1.165) is 31.7 Å². The summed E-state index contributed by atoms with van der Waals surface area (Å²) in [5, 5.41) is 4.38. The van der Waals surface area contributed by atoms with Crippen molar-refractivity contribution in [3.8, 4) is 0 Å². The second kappa shape index (κ2) is 4.51. The van der Waals surface area contributed by atoms with Crippen LogP contribution in [-0.4, -0.2) is 11.4 Å². The third-order valence-corrected chi connectivity index (χ3v) is 4.04. The zero-order valence-electron chi connectivity index (χ0n) is 9.73. The maximum Gasteiger partial charge on any atom is 0.0316 e. The third kappa shape index (κ3) is 2.35. The Morgan fingerprint density at radius 2 is 2.18 bits per heavy atom. The number of hydrogen-bond donors (Lipinski definition) is 1. The van der Waals surface area contributed by atoms with Gasteiger partial charge in [-0.3, -0.25) is 4.90 Å².